The van der Waals surface area contributed by atoms with E-state index in [-0.39, 0.29) is 11.9 Å². The lowest BCUT2D eigenvalue weighted by molar-refractivity contribution is -0.122. The van der Waals surface area contributed by atoms with Gasteiger partial charge in [0.15, 0.2) is 0 Å². The van der Waals surface area contributed by atoms with Crippen LogP contribution in [0.2, 0.25) is 0 Å². The number of anilines is 1. The number of rotatable bonds is 7. The van der Waals surface area contributed by atoms with Crippen molar-refractivity contribution in [2.24, 2.45) is 5.92 Å². The summed E-state index contributed by atoms with van der Waals surface area (Å²) in [5.74, 6) is 1.37. The highest BCUT2D eigenvalue weighted by Gasteiger charge is 2.19. The normalized spacial score (nSPS) is 16.8. The molecule has 2 N–H and O–H groups in total. The highest BCUT2D eigenvalue weighted by atomic mass is 16.5. The van der Waals surface area contributed by atoms with Gasteiger partial charge in [0.25, 0.3) is 0 Å². The molecule has 1 atom stereocenters. The molecular weight excluding hydrogens is 280 g/mol. The summed E-state index contributed by atoms with van der Waals surface area (Å²) >= 11 is 0. The molecule has 0 bridgehead atoms. The molecule has 5 heteroatoms. The van der Waals surface area contributed by atoms with Crippen LogP contribution in [0.15, 0.2) is 24.3 Å². The van der Waals surface area contributed by atoms with E-state index >= 15 is 0 Å². The summed E-state index contributed by atoms with van der Waals surface area (Å²) in [5, 5.41) is 6.34. The fraction of sp³-hybridized carbons (Fsp3) is 0.588. The van der Waals surface area contributed by atoms with Gasteiger partial charge in [-0.2, -0.15) is 0 Å². The maximum atomic E-state index is 12.3. The Morgan fingerprint density at radius 3 is 2.86 bits per heavy atom. The van der Waals surface area contributed by atoms with Crippen molar-refractivity contribution in [1.82, 2.24) is 5.32 Å². The largest absolute Gasteiger partial charge is 0.497 e. The van der Waals surface area contributed by atoms with Crippen molar-refractivity contribution in [2.45, 2.75) is 32.2 Å². The summed E-state index contributed by atoms with van der Waals surface area (Å²) in [6, 6.07) is 7.41. The summed E-state index contributed by atoms with van der Waals surface area (Å²) in [7, 11) is 1.64. The number of carbonyl (C=O) groups excluding carboxylic acids is 1. The van der Waals surface area contributed by atoms with Crippen molar-refractivity contribution in [3.05, 3.63) is 24.3 Å². The van der Waals surface area contributed by atoms with E-state index in [0.29, 0.717) is 5.92 Å². The van der Waals surface area contributed by atoms with Gasteiger partial charge in [-0.15, -0.1) is 0 Å². The van der Waals surface area contributed by atoms with Gasteiger partial charge in [-0.25, -0.2) is 0 Å². The molecule has 22 heavy (non-hydrogen) atoms. The lowest BCUT2D eigenvalue weighted by atomic mass is 10.0. The van der Waals surface area contributed by atoms with Crippen molar-refractivity contribution >= 4 is 11.6 Å². The SMILES string of the molecule is CC[C@H](Nc1cccc(OC)c1)C(=O)NCC1CCOCC1. The van der Waals surface area contributed by atoms with E-state index in [9.17, 15) is 4.79 Å². The summed E-state index contributed by atoms with van der Waals surface area (Å²) in [6.07, 6.45) is 2.79. The molecule has 1 aromatic rings. The van der Waals surface area contributed by atoms with Gasteiger partial charge in [-0.1, -0.05) is 13.0 Å². The Morgan fingerprint density at radius 1 is 1.41 bits per heavy atom. The number of nitrogens with one attached hydrogen (secondary N) is 2. The minimum absolute atomic E-state index is 0.0526. The molecule has 1 aromatic carbocycles. The number of methoxy groups -OCH3 is 1. The molecule has 0 aliphatic carbocycles. The molecule has 1 aliphatic heterocycles. The van der Waals surface area contributed by atoms with Crippen LogP contribution in [0.25, 0.3) is 0 Å². The molecule has 1 fully saturated rings. The minimum atomic E-state index is -0.230. The second kappa shape index (κ2) is 8.63. The predicted molar refractivity (Wildman–Crippen MR) is 87.2 cm³/mol. The molecule has 0 unspecified atom stereocenters. The van der Waals surface area contributed by atoms with Gasteiger partial charge in [-0.3, -0.25) is 4.79 Å². The van der Waals surface area contributed by atoms with Gasteiger partial charge >= 0.3 is 0 Å². The molecule has 0 radical (unpaired) electrons. The van der Waals surface area contributed by atoms with Crippen LogP contribution < -0.4 is 15.4 Å². The molecule has 1 heterocycles. The first-order chi connectivity index (χ1) is 10.7. The predicted octanol–water partition coefficient (Wildman–Crippen LogP) is 2.43. The van der Waals surface area contributed by atoms with Crippen LogP contribution in [0.1, 0.15) is 26.2 Å². The fourth-order valence-corrected chi connectivity index (χ4v) is 2.59. The van der Waals surface area contributed by atoms with Gasteiger partial charge in [0, 0.05) is 31.5 Å². The Morgan fingerprint density at radius 2 is 2.18 bits per heavy atom. The monoisotopic (exact) mass is 306 g/mol. The summed E-state index contributed by atoms with van der Waals surface area (Å²) < 4.78 is 10.5. The molecule has 1 amide bonds. The first kappa shape index (κ1) is 16.6. The van der Waals surface area contributed by atoms with Crippen LogP contribution in [-0.2, 0) is 9.53 Å². The van der Waals surface area contributed by atoms with Crippen LogP contribution in [0.5, 0.6) is 5.75 Å². The van der Waals surface area contributed by atoms with Crippen molar-refractivity contribution in [3.63, 3.8) is 0 Å². The quantitative estimate of drug-likeness (QED) is 0.812. The molecular formula is C17H26N2O3. The van der Waals surface area contributed by atoms with E-state index in [4.69, 9.17) is 9.47 Å². The van der Waals surface area contributed by atoms with E-state index in [1.165, 1.54) is 0 Å². The zero-order valence-electron chi connectivity index (χ0n) is 13.4. The van der Waals surface area contributed by atoms with Gasteiger partial charge in [0.05, 0.1) is 7.11 Å². The van der Waals surface area contributed by atoms with Crippen LogP contribution in [0, 0.1) is 5.92 Å². The number of hydrogen-bond acceptors (Lipinski definition) is 4. The van der Waals surface area contributed by atoms with Crippen LogP contribution in [-0.4, -0.2) is 38.8 Å². The second-order valence-electron chi connectivity index (χ2n) is 5.64. The maximum Gasteiger partial charge on any atom is 0.242 e. The van der Waals surface area contributed by atoms with Gasteiger partial charge in [0.2, 0.25) is 5.91 Å². The fourth-order valence-electron chi connectivity index (χ4n) is 2.59. The van der Waals surface area contributed by atoms with E-state index in [0.717, 1.165) is 50.5 Å². The topological polar surface area (TPSA) is 59.6 Å². The summed E-state index contributed by atoms with van der Waals surface area (Å²) in [6.45, 7) is 4.35. The Kier molecular flexibility index (Phi) is 6.52. The average molecular weight is 306 g/mol. The standard InChI is InChI=1S/C17H26N2O3/c1-3-16(19-14-5-4-6-15(11-14)21-2)17(20)18-12-13-7-9-22-10-8-13/h4-6,11,13,16,19H,3,7-10,12H2,1-2H3,(H,18,20)/t16-/m0/s1. The Labute approximate surface area is 132 Å². The van der Waals surface area contributed by atoms with Gasteiger partial charge in [0.1, 0.15) is 11.8 Å². The number of amides is 1. The molecule has 122 valence electrons. The van der Waals surface area contributed by atoms with Gasteiger partial charge < -0.3 is 20.1 Å². The van der Waals surface area contributed by atoms with E-state index < -0.39 is 0 Å². The minimum Gasteiger partial charge on any atom is -0.497 e. The number of hydrogen-bond donors (Lipinski definition) is 2. The molecule has 0 spiro atoms. The van der Waals surface area contributed by atoms with Crippen LogP contribution >= 0.6 is 0 Å². The molecule has 1 saturated heterocycles. The molecule has 0 aromatic heterocycles. The van der Waals surface area contributed by atoms with Gasteiger partial charge in [-0.05, 0) is 37.3 Å². The zero-order chi connectivity index (χ0) is 15.8. The number of carbonyl (C=O) groups is 1. The third-order valence-electron chi connectivity index (χ3n) is 4.04. The Hall–Kier alpha value is -1.75. The second-order valence-corrected chi connectivity index (χ2v) is 5.64. The van der Waals surface area contributed by atoms with E-state index in [1.54, 1.807) is 7.11 Å². The third kappa shape index (κ3) is 4.91. The van der Waals surface area contributed by atoms with Crippen LogP contribution in [0.4, 0.5) is 5.69 Å². The molecule has 0 saturated carbocycles. The Bertz CT molecular complexity index is 473. The molecule has 5 nitrogen and oxygen atoms in total. The highest BCUT2D eigenvalue weighted by Crippen LogP contribution is 2.18. The van der Waals surface area contributed by atoms with Crippen LogP contribution in [0.3, 0.4) is 0 Å². The zero-order valence-corrected chi connectivity index (χ0v) is 13.4. The molecule has 2 rings (SSSR count). The first-order valence-electron chi connectivity index (χ1n) is 7.99. The summed E-state index contributed by atoms with van der Waals surface area (Å²) in [4.78, 5) is 12.3. The Balaban J connectivity index is 1.85. The smallest absolute Gasteiger partial charge is 0.242 e. The highest BCUT2D eigenvalue weighted by molar-refractivity contribution is 5.84. The van der Waals surface area contributed by atoms with Crippen molar-refractivity contribution in [1.29, 1.82) is 0 Å². The third-order valence-corrected chi connectivity index (χ3v) is 4.04. The van der Waals surface area contributed by atoms with Crippen molar-refractivity contribution in [3.8, 4) is 5.75 Å². The van der Waals surface area contributed by atoms with E-state index in [1.807, 2.05) is 31.2 Å². The lowest BCUT2D eigenvalue weighted by Gasteiger charge is -2.24. The van der Waals surface area contributed by atoms with Crippen molar-refractivity contribution < 1.29 is 14.3 Å². The van der Waals surface area contributed by atoms with Crippen molar-refractivity contribution in [2.75, 3.05) is 32.2 Å². The summed E-state index contributed by atoms with van der Waals surface area (Å²) in [5.41, 5.74) is 0.896. The first-order valence-corrected chi connectivity index (χ1v) is 7.99. The van der Waals surface area contributed by atoms with E-state index in [2.05, 4.69) is 10.6 Å². The average Bonchev–Trinajstić information content (AvgIpc) is 2.58. The number of ether oxygens (including phenoxy) is 2. The number of benzene rings is 1. The maximum absolute atomic E-state index is 12.3. The lowest BCUT2D eigenvalue weighted by Crippen LogP contribution is -2.42. The molecule has 1 aliphatic rings.